The minimum absolute atomic E-state index is 0.369. The standard InChI is InChI=1S/C14H26N4O/c1-11(6-8-14(2,3)4)17-13(15-5)16-10-12-7-9-19-18-12/h7,9,11H,6,8,10H2,1-5H3,(H2,15,16,17). The van der Waals surface area contributed by atoms with E-state index in [1.165, 1.54) is 6.42 Å². The van der Waals surface area contributed by atoms with Crippen molar-refractivity contribution < 1.29 is 4.52 Å². The van der Waals surface area contributed by atoms with Crippen molar-refractivity contribution in [1.29, 1.82) is 0 Å². The maximum Gasteiger partial charge on any atom is 0.191 e. The molecule has 1 atom stereocenters. The van der Waals surface area contributed by atoms with Crippen LogP contribution in [0.25, 0.3) is 0 Å². The van der Waals surface area contributed by atoms with Gasteiger partial charge in [0.1, 0.15) is 12.0 Å². The quantitative estimate of drug-likeness (QED) is 0.635. The Hall–Kier alpha value is -1.52. The lowest BCUT2D eigenvalue weighted by Crippen LogP contribution is -2.42. The molecule has 1 aromatic heterocycles. The van der Waals surface area contributed by atoms with Gasteiger partial charge in [-0.2, -0.15) is 0 Å². The Bertz CT molecular complexity index is 379. The van der Waals surface area contributed by atoms with Gasteiger partial charge in [0.25, 0.3) is 0 Å². The summed E-state index contributed by atoms with van der Waals surface area (Å²) >= 11 is 0. The van der Waals surface area contributed by atoms with E-state index in [4.69, 9.17) is 4.52 Å². The van der Waals surface area contributed by atoms with Gasteiger partial charge in [0.2, 0.25) is 0 Å². The van der Waals surface area contributed by atoms with E-state index in [9.17, 15) is 0 Å². The summed E-state index contributed by atoms with van der Waals surface area (Å²) in [7, 11) is 1.77. The molecular formula is C14H26N4O. The van der Waals surface area contributed by atoms with E-state index in [0.29, 0.717) is 18.0 Å². The molecule has 0 saturated heterocycles. The lowest BCUT2D eigenvalue weighted by molar-refractivity contribution is 0.346. The summed E-state index contributed by atoms with van der Waals surface area (Å²) in [5.74, 6) is 0.796. The molecule has 1 unspecified atom stereocenters. The Kier molecular flexibility index (Phi) is 5.86. The summed E-state index contributed by atoms with van der Waals surface area (Å²) < 4.78 is 4.79. The minimum atomic E-state index is 0.369. The zero-order chi connectivity index (χ0) is 14.3. The van der Waals surface area contributed by atoms with Crippen LogP contribution >= 0.6 is 0 Å². The zero-order valence-electron chi connectivity index (χ0n) is 12.7. The summed E-state index contributed by atoms with van der Waals surface area (Å²) in [5, 5.41) is 10.4. The molecule has 0 bridgehead atoms. The fraction of sp³-hybridized carbons (Fsp3) is 0.714. The van der Waals surface area contributed by atoms with Crippen LogP contribution in [0.15, 0.2) is 21.8 Å². The van der Waals surface area contributed by atoms with Gasteiger partial charge in [-0.15, -0.1) is 0 Å². The molecule has 1 heterocycles. The number of guanidine groups is 1. The van der Waals surface area contributed by atoms with Crippen molar-refractivity contribution in [3.05, 3.63) is 18.0 Å². The first kappa shape index (κ1) is 15.5. The molecule has 19 heavy (non-hydrogen) atoms. The van der Waals surface area contributed by atoms with Crippen LogP contribution in [0.5, 0.6) is 0 Å². The predicted octanol–water partition coefficient (Wildman–Crippen LogP) is 2.55. The summed E-state index contributed by atoms with van der Waals surface area (Å²) in [6.07, 6.45) is 3.87. The molecule has 108 valence electrons. The highest BCUT2D eigenvalue weighted by Gasteiger charge is 2.13. The smallest absolute Gasteiger partial charge is 0.191 e. The molecule has 0 aliphatic rings. The molecule has 2 N–H and O–H groups in total. The van der Waals surface area contributed by atoms with E-state index in [1.54, 1.807) is 13.3 Å². The third kappa shape index (κ3) is 6.84. The first-order valence-electron chi connectivity index (χ1n) is 6.77. The molecule has 0 radical (unpaired) electrons. The van der Waals surface area contributed by atoms with Gasteiger partial charge in [-0.3, -0.25) is 4.99 Å². The fourth-order valence-electron chi connectivity index (χ4n) is 1.65. The summed E-state index contributed by atoms with van der Waals surface area (Å²) in [4.78, 5) is 4.21. The molecule has 0 saturated carbocycles. The number of nitrogens with zero attached hydrogens (tertiary/aromatic N) is 2. The van der Waals surface area contributed by atoms with E-state index in [1.807, 2.05) is 6.07 Å². The molecule has 0 spiro atoms. The van der Waals surface area contributed by atoms with E-state index in [0.717, 1.165) is 18.1 Å². The minimum Gasteiger partial charge on any atom is -0.364 e. The highest BCUT2D eigenvalue weighted by atomic mass is 16.5. The SMILES string of the molecule is CN=C(NCc1ccon1)NC(C)CCC(C)(C)C. The van der Waals surface area contributed by atoms with E-state index < -0.39 is 0 Å². The number of nitrogens with one attached hydrogen (secondary N) is 2. The first-order valence-corrected chi connectivity index (χ1v) is 6.77. The van der Waals surface area contributed by atoms with Gasteiger partial charge in [0.15, 0.2) is 5.96 Å². The van der Waals surface area contributed by atoms with Crippen LogP contribution in [-0.4, -0.2) is 24.2 Å². The molecule has 5 nitrogen and oxygen atoms in total. The van der Waals surface area contributed by atoms with Crippen LogP contribution < -0.4 is 10.6 Å². The van der Waals surface area contributed by atoms with E-state index >= 15 is 0 Å². The molecule has 0 amide bonds. The van der Waals surface area contributed by atoms with Crippen LogP contribution in [0.3, 0.4) is 0 Å². The number of aromatic nitrogens is 1. The van der Waals surface area contributed by atoms with Crippen molar-refractivity contribution in [3.63, 3.8) is 0 Å². The third-order valence-corrected chi connectivity index (χ3v) is 2.86. The Morgan fingerprint density at radius 1 is 1.47 bits per heavy atom. The molecule has 0 fully saturated rings. The van der Waals surface area contributed by atoms with Crippen LogP contribution in [0, 0.1) is 5.41 Å². The number of aliphatic imine (C=N–C) groups is 1. The summed E-state index contributed by atoms with van der Waals surface area (Å²) in [5.41, 5.74) is 1.23. The molecule has 1 aromatic rings. The monoisotopic (exact) mass is 266 g/mol. The first-order chi connectivity index (χ1) is 8.90. The Balaban J connectivity index is 2.31. The third-order valence-electron chi connectivity index (χ3n) is 2.86. The van der Waals surface area contributed by atoms with Gasteiger partial charge in [-0.1, -0.05) is 25.9 Å². The van der Waals surface area contributed by atoms with Crippen molar-refractivity contribution in [3.8, 4) is 0 Å². The van der Waals surface area contributed by atoms with Crippen molar-refractivity contribution in [2.75, 3.05) is 7.05 Å². The molecular weight excluding hydrogens is 240 g/mol. The highest BCUT2D eigenvalue weighted by molar-refractivity contribution is 5.79. The van der Waals surface area contributed by atoms with Gasteiger partial charge in [0.05, 0.1) is 6.54 Å². The Labute approximate surface area is 115 Å². The van der Waals surface area contributed by atoms with Gasteiger partial charge < -0.3 is 15.2 Å². The molecule has 1 rings (SSSR count). The van der Waals surface area contributed by atoms with E-state index in [-0.39, 0.29) is 0 Å². The number of hydrogen-bond donors (Lipinski definition) is 2. The number of rotatable bonds is 5. The Morgan fingerprint density at radius 2 is 2.21 bits per heavy atom. The second kappa shape index (κ2) is 7.16. The molecule has 0 aromatic carbocycles. The van der Waals surface area contributed by atoms with Gasteiger partial charge in [-0.05, 0) is 25.2 Å². The predicted molar refractivity (Wildman–Crippen MR) is 78.0 cm³/mol. The van der Waals surface area contributed by atoms with Crippen LogP contribution in [-0.2, 0) is 6.54 Å². The second-order valence-corrected chi connectivity index (χ2v) is 6.06. The van der Waals surface area contributed by atoms with E-state index in [2.05, 4.69) is 48.5 Å². The summed E-state index contributed by atoms with van der Waals surface area (Å²) in [6, 6.07) is 2.23. The summed E-state index contributed by atoms with van der Waals surface area (Å²) in [6.45, 7) is 9.57. The van der Waals surface area contributed by atoms with Crippen molar-refractivity contribution in [2.24, 2.45) is 10.4 Å². The van der Waals surface area contributed by atoms with Crippen LogP contribution in [0.2, 0.25) is 0 Å². The maximum absolute atomic E-state index is 4.79. The topological polar surface area (TPSA) is 62.5 Å². The zero-order valence-corrected chi connectivity index (χ0v) is 12.7. The largest absolute Gasteiger partial charge is 0.364 e. The highest BCUT2D eigenvalue weighted by Crippen LogP contribution is 2.21. The van der Waals surface area contributed by atoms with Gasteiger partial charge in [0, 0.05) is 19.2 Å². The normalized spacial score (nSPS) is 14.3. The van der Waals surface area contributed by atoms with Crippen LogP contribution in [0.1, 0.15) is 46.2 Å². The lowest BCUT2D eigenvalue weighted by Gasteiger charge is -2.22. The average molecular weight is 266 g/mol. The molecule has 0 aliphatic heterocycles. The lowest BCUT2D eigenvalue weighted by atomic mass is 9.89. The number of hydrogen-bond acceptors (Lipinski definition) is 3. The average Bonchev–Trinajstić information content (AvgIpc) is 2.84. The van der Waals surface area contributed by atoms with Gasteiger partial charge in [-0.25, -0.2) is 0 Å². The molecule has 5 heteroatoms. The molecule has 0 aliphatic carbocycles. The van der Waals surface area contributed by atoms with Crippen molar-refractivity contribution >= 4 is 5.96 Å². The van der Waals surface area contributed by atoms with Crippen LogP contribution in [0.4, 0.5) is 0 Å². The fourth-order valence-corrected chi connectivity index (χ4v) is 1.65. The van der Waals surface area contributed by atoms with Crippen molar-refractivity contribution in [1.82, 2.24) is 15.8 Å². The maximum atomic E-state index is 4.79. The van der Waals surface area contributed by atoms with Crippen molar-refractivity contribution in [2.45, 2.75) is 53.1 Å². The Morgan fingerprint density at radius 3 is 2.74 bits per heavy atom. The second-order valence-electron chi connectivity index (χ2n) is 6.06. The van der Waals surface area contributed by atoms with Gasteiger partial charge >= 0.3 is 0 Å².